The first-order valence-corrected chi connectivity index (χ1v) is 7.72. The Bertz CT molecular complexity index is 502. The lowest BCUT2D eigenvalue weighted by Gasteiger charge is -2.12. The van der Waals surface area contributed by atoms with Crippen molar-refractivity contribution in [1.82, 2.24) is 0 Å². The molecule has 0 spiro atoms. The first kappa shape index (κ1) is 13.3. The standard InChI is InChI=1S/C13H13Br2NS/c1-8-4-9(6-10(14)5-8)12(16)7-11-2-3-13(15)17-11/h2-6,12H,7,16H2,1H3. The van der Waals surface area contributed by atoms with Crippen LogP contribution >= 0.6 is 43.2 Å². The Kier molecular flexibility index (Phi) is 4.42. The summed E-state index contributed by atoms with van der Waals surface area (Å²) in [4.78, 5) is 1.31. The highest BCUT2D eigenvalue weighted by atomic mass is 79.9. The van der Waals surface area contributed by atoms with E-state index in [1.54, 1.807) is 11.3 Å². The largest absolute Gasteiger partial charge is 0.324 e. The van der Waals surface area contributed by atoms with Gasteiger partial charge in [-0.1, -0.05) is 22.0 Å². The molecule has 2 rings (SSSR count). The van der Waals surface area contributed by atoms with Crippen molar-refractivity contribution < 1.29 is 0 Å². The molecule has 0 aliphatic carbocycles. The summed E-state index contributed by atoms with van der Waals surface area (Å²) in [6, 6.07) is 10.6. The average Bonchev–Trinajstić information content (AvgIpc) is 2.62. The summed E-state index contributed by atoms with van der Waals surface area (Å²) in [5.74, 6) is 0. The topological polar surface area (TPSA) is 26.0 Å². The molecule has 90 valence electrons. The third kappa shape index (κ3) is 3.65. The van der Waals surface area contributed by atoms with Crippen LogP contribution in [0.25, 0.3) is 0 Å². The molecule has 0 aliphatic rings. The van der Waals surface area contributed by atoms with E-state index < -0.39 is 0 Å². The highest BCUT2D eigenvalue weighted by Crippen LogP contribution is 2.27. The Labute approximate surface area is 122 Å². The molecule has 17 heavy (non-hydrogen) atoms. The molecule has 4 heteroatoms. The fraction of sp³-hybridized carbons (Fsp3) is 0.231. The van der Waals surface area contributed by atoms with Crippen LogP contribution in [0.3, 0.4) is 0 Å². The smallest absolute Gasteiger partial charge is 0.0701 e. The first-order valence-electron chi connectivity index (χ1n) is 5.31. The van der Waals surface area contributed by atoms with Gasteiger partial charge in [-0.15, -0.1) is 11.3 Å². The van der Waals surface area contributed by atoms with E-state index >= 15 is 0 Å². The van der Waals surface area contributed by atoms with E-state index in [0.717, 1.165) is 14.7 Å². The van der Waals surface area contributed by atoms with E-state index in [4.69, 9.17) is 5.73 Å². The van der Waals surface area contributed by atoms with Crippen molar-refractivity contribution >= 4 is 43.2 Å². The van der Waals surface area contributed by atoms with E-state index in [0.29, 0.717) is 0 Å². The summed E-state index contributed by atoms with van der Waals surface area (Å²) in [5, 5.41) is 0. The van der Waals surface area contributed by atoms with E-state index in [2.05, 4.69) is 69.1 Å². The lowest BCUT2D eigenvalue weighted by atomic mass is 10.0. The number of aryl methyl sites for hydroxylation is 1. The van der Waals surface area contributed by atoms with Crippen molar-refractivity contribution in [1.29, 1.82) is 0 Å². The number of nitrogens with two attached hydrogens (primary N) is 1. The van der Waals surface area contributed by atoms with Gasteiger partial charge in [0.2, 0.25) is 0 Å². The molecule has 2 N–H and O–H groups in total. The molecular formula is C13H13Br2NS. The molecule has 0 saturated heterocycles. The van der Waals surface area contributed by atoms with Gasteiger partial charge in [-0.2, -0.15) is 0 Å². The minimum absolute atomic E-state index is 0.0525. The number of benzene rings is 1. The fourth-order valence-corrected chi connectivity index (χ4v) is 3.94. The summed E-state index contributed by atoms with van der Waals surface area (Å²) in [7, 11) is 0. The average molecular weight is 375 g/mol. The summed E-state index contributed by atoms with van der Waals surface area (Å²) in [5.41, 5.74) is 8.66. The molecular weight excluding hydrogens is 362 g/mol. The van der Waals surface area contributed by atoms with Gasteiger partial charge < -0.3 is 5.73 Å². The van der Waals surface area contributed by atoms with Gasteiger partial charge in [-0.05, 0) is 58.2 Å². The summed E-state index contributed by atoms with van der Waals surface area (Å²) in [6.07, 6.45) is 0.881. The normalized spacial score (nSPS) is 12.7. The van der Waals surface area contributed by atoms with Gasteiger partial charge in [0.15, 0.2) is 0 Å². The maximum Gasteiger partial charge on any atom is 0.0701 e. The molecule has 1 aromatic heterocycles. The molecule has 1 unspecified atom stereocenters. The molecule has 0 amide bonds. The van der Waals surface area contributed by atoms with Crippen molar-refractivity contribution in [3.63, 3.8) is 0 Å². The third-order valence-electron chi connectivity index (χ3n) is 2.54. The van der Waals surface area contributed by atoms with Crippen LogP contribution in [0.5, 0.6) is 0 Å². The van der Waals surface area contributed by atoms with Gasteiger partial charge in [0.25, 0.3) is 0 Å². The van der Waals surface area contributed by atoms with E-state index in [1.165, 1.54) is 16.0 Å². The van der Waals surface area contributed by atoms with Gasteiger partial charge in [-0.25, -0.2) is 0 Å². The molecule has 0 radical (unpaired) electrons. The van der Waals surface area contributed by atoms with Crippen molar-refractivity contribution in [2.75, 3.05) is 0 Å². The van der Waals surface area contributed by atoms with Crippen molar-refractivity contribution in [3.8, 4) is 0 Å². The number of hydrogen-bond donors (Lipinski definition) is 1. The predicted molar refractivity (Wildman–Crippen MR) is 81.5 cm³/mol. The minimum atomic E-state index is 0.0525. The highest BCUT2D eigenvalue weighted by molar-refractivity contribution is 9.11. The summed E-state index contributed by atoms with van der Waals surface area (Å²) >= 11 is 8.73. The lowest BCUT2D eigenvalue weighted by Crippen LogP contribution is -2.12. The number of hydrogen-bond acceptors (Lipinski definition) is 2. The third-order valence-corrected chi connectivity index (χ3v) is 4.65. The molecule has 2 aromatic rings. The number of halogens is 2. The molecule has 1 aromatic carbocycles. The second-order valence-corrected chi connectivity index (χ2v) is 7.54. The molecule has 0 saturated carbocycles. The van der Waals surface area contributed by atoms with Crippen LogP contribution in [0.4, 0.5) is 0 Å². The van der Waals surface area contributed by atoms with Gasteiger partial charge in [-0.3, -0.25) is 0 Å². The quantitative estimate of drug-likeness (QED) is 0.818. The van der Waals surface area contributed by atoms with E-state index in [9.17, 15) is 0 Å². The van der Waals surface area contributed by atoms with Gasteiger partial charge in [0.1, 0.15) is 0 Å². The van der Waals surface area contributed by atoms with Crippen LogP contribution in [0.15, 0.2) is 38.6 Å². The van der Waals surface area contributed by atoms with Gasteiger partial charge in [0, 0.05) is 21.8 Å². The summed E-state index contributed by atoms with van der Waals surface area (Å²) in [6.45, 7) is 2.09. The van der Waals surface area contributed by atoms with Crippen LogP contribution in [0.2, 0.25) is 0 Å². The highest BCUT2D eigenvalue weighted by Gasteiger charge is 2.09. The zero-order valence-corrected chi connectivity index (χ0v) is 13.4. The second-order valence-electron chi connectivity index (χ2n) is 4.08. The Balaban J connectivity index is 2.16. The minimum Gasteiger partial charge on any atom is -0.324 e. The van der Waals surface area contributed by atoms with E-state index in [1.807, 2.05) is 0 Å². The molecule has 0 bridgehead atoms. The molecule has 1 nitrogen and oxygen atoms in total. The first-order chi connectivity index (χ1) is 8.04. The van der Waals surface area contributed by atoms with Crippen LogP contribution in [-0.4, -0.2) is 0 Å². The molecule has 0 aliphatic heterocycles. The Hall–Kier alpha value is -0.160. The Morgan fingerprint density at radius 3 is 2.59 bits per heavy atom. The zero-order valence-electron chi connectivity index (χ0n) is 9.41. The molecule has 1 heterocycles. The Morgan fingerprint density at radius 1 is 1.24 bits per heavy atom. The van der Waals surface area contributed by atoms with Gasteiger partial charge >= 0.3 is 0 Å². The second kappa shape index (κ2) is 5.65. The lowest BCUT2D eigenvalue weighted by molar-refractivity contribution is 0.729. The zero-order chi connectivity index (χ0) is 12.4. The maximum absolute atomic E-state index is 6.24. The van der Waals surface area contributed by atoms with Crippen molar-refractivity contribution in [2.45, 2.75) is 19.4 Å². The molecule has 1 atom stereocenters. The van der Waals surface area contributed by atoms with Crippen LogP contribution < -0.4 is 5.73 Å². The maximum atomic E-state index is 6.24. The monoisotopic (exact) mass is 373 g/mol. The fourth-order valence-electron chi connectivity index (χ4n) is 1.77. The molecule has 0 fully saturated rings. The van der Waals surface area contributed by atoms with Crippen LogP contribution in [-0.2, 0) is 6.42 Å². The van der Waals surface area contributed by atoms with Crippen LogP contribution in [0.1, 0.15) is 22.0 Å². The number of rotatable bonds is 3. The number of thiophene rings is 1. The SMILES string of the molecule is Cc1cc(Br)cc(C(N)Cc2ccc(Br)s2)c1. The van der Waals surface area contributed by atoms with Crippen molar-refractivity contribution in [3.05, 3.63) is 54.6 Å². The summed E-state index contributed by atoms with van der Waals surface area (Å²) < 4.78 is 2.25. The van der Waals surface area contributed by atoms with Crippen LogP contribution in [0, 0.1) is 6.92 Å². The Morgan fingerprint density at radius 2 is 2.00 bits per heavy atom. The van der Waals surface area contributed by atoms with E-state index in [-0.39, 0.29) is 6.04 Å². The van der Waals surface area contributed by atoms with Crippen molar-refractivity contribution in [2.24, 2.45) is 5.73 Å². The van der Waals surface area contributed by atoms with Gasteiger partial charge in [0.05, 0.1) is 3.79 Å². The predicted octanol–water partition coefficient (Wildman–Crippen LogP) is 4.82.